The maximum atomic E-state index is 12.1. The van der Waals surface area contributed by atoms with Crippen molar-refractivity contribution in [3.8, 4) is 0 Å². The quantitative estimate of drug-likeness (QED) is 0.846. The number of amides is 1. The molecule has 0 unspecified atom stereocenters. The van der Waals surface area contributed by atoms with Gasteiger partial charge >= 0.3 is 6.09 Å². The third-order valence-corrected chi connectivity index (χ3v) is 4.34. The first-order valence-electron chi connectivity index (χ1n) is 7.56. The maximum absolute atomic E-state index is 12.1. The van der Waals surface area contributed by atoms with Crippen LogP contribution in [0.15, 0.2) is 30.3 Å². The van der Waals surface area contributed by atoms with Gasteiger partial charge in [-0.2, -0.15) is 0 Å². The first kappa shape index (κ1) is 13.4. The van der Waals surface area contributed by atoms with Gasteiger partial charge in [0, 0.05) is 12.6 Å². The molecular formula is C16H22N2O2. The first-order valence-corrected chi connectivity index (χ1v) is 7.56. The van der Waals surface area contributed by atoms with Gasteiger partial charge in [0.05, 0.1) is 6.04 Å². The average Bonchev–Trinajstić information content (AvgIpc) is 3.06. The van der Waals surface area contributed by atoms with E-state index in [1.54, 1.807) is 0 Å². The molecule has 1 aromatic carbocycles. The molecule has 20 heavy (non-hydrogen) atoms. The molecule has 3 rings (SSSR count). The summed E-state index contributed by atoms with van der Waals surface area (Å²) in [6.07, 6.45) is 4.12. The van der Waals surface area contributed by atoms with Gasteiger partial charge in [0.1, 0.15) is 6.61 Å². The Balaban J connectivity index is 1.75. The minimum absolute atomic E-state index is 0.136. The Morgan fingerprint density at radius 3 is 2.80 bits per heavy atom. The van der Waals surface area contributed by atoms with Gasteiger partial charge in [-0.25, -0.2) is 14.8 Å². The largest absolute Gasteiger partial charge is 0.446 e. The molecular weight excluding hydrogens is 252 g/mol. The molecule has 0 aliphatic carbocycles. The van der Waals surface area contributed by atoms with E-state index < -0.39 is 0 Å². The van der Waals surface area contributed by atoms with Crippen molar-refractivity contribution in [2.24, 2.45) is 0 Å². The van der Waals surface area contributed by atoms with Crippen molar-refractivity contribution >= 4 is 6.09 Å². The molecule has 1 aromatic rings. The van der Waals surface area contributed by atoms with Crippen molar-refractivity contribution in [3.05, 3.63) is 35.9 Å². The van der Waals surface area contributed by atoms with E-state index >= 15 is 0 Å². The normalized spacial score (nSPS) is 27.1. The summed E-state index contributed by atoms with van der Waals surface area (Å²) in [5.74, 6) is 0. The monoisotopic (exact) mass is 274 g/mol. The Labute approximate surface area is 120 Å². The van der Waals surface area contributed by atoms with E-state index in [9.17, 15) is 4.79 Å². The number of carbonyl (C=O) groups is 1. The highest BCUT2D eigenvalue weighted by Gasteiger charge is 2.41. The van der Waals surface area contributed by atoms with Crippen molar-refractivity contribution in [2.45, 2.75) is 44.7 Å². The molecule has 2 fully saturated rings. The molecule has 0 bridgehead atoms. The van der Waals surface area contributed by atoms with E-state index in [1.165, 1.54) is 18.4 Å². The number of rotatable bonds is 4. The van der Waals surface area contributed by atoms with Gasteiger partial charge in [0.2, 0.25) is 0 Å². The maximum Gasteiger partial charge on any atom is 0.424 e. The second-order valence-corrected chi connectivity index (χ2v) is 5.63. The van der Waals surface area contributed by atoms with Crippen LogP contribution in [-0.2, 0) is 11.2 Å². The van der Waals surface area contributed by atoms with Crippen molar-refractivity contribution in [1.29, 1.82) is 0 Å². The number of nitrogens with zero attached hydrogens (tertiary/aromatic N) is 2. The molecule has 2 saturated heterocycles. The molecule has 4 heteroatoms. The number of hydrogen-bond acceptors (Lipinski definition) is 3. The number of hydrogen-bond donors (Lipinski definition) is 0. The Morgan fingerprint density at radius 2 is 2.05 bits per heavy atom. The van der Waals surface area contributed by atoms with Gasteiger partial charge in [0.15, 0.2) is 0 Å². The van der Waals surface area contributed by atoms with Crippen molar-refractivity contribution in [2.75, 3.05) is 13.2 Å². The molecule has 2 aliphatic heterocycles. The zero-order valence-corrected chi connectivity index (χ0v) is 12.0. The average molecular weight is 274 g/mol. The number of cyclic esters (lactones) is 1. The lowest BCUT2D eigenvalue weighted by Gasteiger charge is -2.34. The molecule has 0 saturated carbocycles. The van der Waals surface area contributed by atoms with E-state index in [1.807, 2.05) is 23.2 Å². The molecule has 0 radical (unpaired) electrons. The van der Waals surface area contributed by atoms with Crippen LogP contribution in [0.5, 0.6) is 0 Å². The van der Waals surface area contributed by atoms with Crippen LogP contribution >= 0.6 is 0 Å². The van der Waals surface area contributed by atoms with Crippen molar-refractivity contribution in [3.63, 3.8) is 0 Å². The van der Waals surface area contributed by atoms with E-state index in [0.717, 1.165) is 19.4 Å². The van der Waals surface area contributed by atoms with Gasteiger partial charge in [-0.15, -0.1) is 0 Å². The summed E-state index contributed by atoms with van der Waals surface area (Å²) in [6.45, 7) is 3.66. The lowest BCUT2D eigenvalue weighted by atomic mass is 10.1. The van der Waals surface area contributed by atoms with E-state index in [2.05, 4.69) is 24.1 Å². The third-order valence-electron chi connectivity index (χ3n) is 4.34. The Morgan fingerprint density at radius 1 is 1.25 bits per heavy atom. The summed E-state index contributed by atoms with van der Waals surface area (Å²) >= 11 is 0. The van der Waals surface area contributed by atoms with Crippen LogP contribution in [0.25, 0.3) is 0 Å². The van der Waals surface area contributed by atoms with Crippen LogP contribution in [0.1, 0.15) is 31.7 Å². The summed E-state index contributed by atoms with van der Waals surface area (Å²) in [7, 11) is 0. The van der Waals surface area contributed by atoms with Crippen LogP contribution < -0.4 is 0 Å². The Kier molecular flexibility index (Phi) is 3.92. The molecule has 0 spiro atoms. The predicted octanol–water partition coefficient (Wildman–Crippen LogP) is 2.84. The predicted molar refractivity (Wildman–Crippen MR) is 77.1 cm³/mol. The fourth-order valence-corrected chi connectivity index (χ4v) is 3.32. The van der Waals surface area contributed by atoms with Crippen LogP contribution in [0.2, 0.25) is 0 Å². The molecule has 1 amide bonds. The summed E-state index contributed by atoms with van der Waals surface area (Å²) in [5, 5.41) is 4.12. The van der Waals surface area contributed by atoms with Crippen LogP contribution in [0, 0.1) is 0 Å². The fourth-order valence-electron chi connectivity index (χ4n) is 3.32. The second kappa shape index (κ2) is 5.83. The van der Waals surface area contributed by atoms with Gasteiger partial charge < -0.3 is 4.74 Å². The van der Waals surface area contributed by atoms with Gasteiger partial charge in [-0.3, -0.25) is 0 Å². The fraction of sp³-hybridized carbons (Fsp3) is 0.562. The highest BCUT2D eigenvalue weighted by molar-refractivity contribution is 5.69. The Bertz CT molecular complexity index is 463. The standard InChI is InChI=1S/C16H22N2O2/c1-2-14-9-6-10-17(14)18-15(12-20-16(18)19)11-13-7-4-3-5-8-13/h3-5,7-8,14-15H,2,6,9-12H2,1H3/t14-,15+/m1/s1. The summed E-state index contributed by atoms with van der Waals surface area (Å²) < 4.78 is 5.30. The van der Waals surface area contributed by atoms with Gasteiger partial charge in [0.25, 0.3) is 0 Å². The van der Waals surface area contributed by atoms with Crippen molar-refractivity contribution < 1.29 is 9.53 Å². The zero-order valence-electron chi connectivity index (χ0n) is 12.0. The summed E-state index contributed by atoms with van der Waals surface area (Å²) in [6, 6.07) is 11.0. The Hall–Kier alpha value is -1.55. The summed E-state index contributed by atoms with van der Waals surface area (Å²) in [5.41, 5.74) is 1.26. The molecule has 2 heterocycles. The van der Waals surface area contributed by atoms with Gasteiger partial charge in [-0.1, -0.05) is 37.3 Å². The molecule has 108 valence electrons. The SMILES string of the molecule is CC[C@@H]1CCCN1N1C(=O)OC[C@@H]1Cc1ccccc1. The van der Waals surface area contributed by atoms with Crippen LogP contribution in [0.3, 0.4) is 0 Å². The van der Waals surface area contributed by atoms with Gasteiger partial charge in [-0.05, 0) is 31.2 Å². The minimum atomic E-state index is -0.175. The number of benzene rings is 1. The third kappa shape index (κ3) is 2.52. The first-order chi connectivity index (χ1) is 9.79. The molecule has 4 nitrogen and oxygen atoms in total. The summed E-state index contributed by atoms with van der Waals surface area (Å²) in [4.78, 5) is 12.1. The van der Waals surface area contributed by atoms with Crippen LogP contribution in [0.4, 0.5) is 4.79 Å². The van der Waals surface area contributed by atoms with E-state index in [4.69, 9.17) is 4.74 Å². The van der Waals surface area contributed by atoms with E-state index in [-0.39, 0.29) is 12.1 Å². The highest BCUT2D eigenvalue weighted by Crippen LogP contribution is 2.28. The second-order valence-electron chi connectivity index (χ2n) is 5.63. The van der Waals surface area contributed by atoms with Crippen LogP contribution in [-0.4, -0.2) is 41.3 Å². The number of ether oxygens (including phenoxy) is 1. The molecule has 0 aromatic heterocycles. The highest BCUT2D eigenvalue weighted by atomic mass is 16.6. The molecule has 2 aliphatic rings. The molecule has 2 atom stereocenters. The van der Waals surface area contributed by atoms with E-state index in [0.29, 0.717) is 12.6 Å². The smallest absolute Gasteiger partial charge is 0.424 e. The lowest BCUT2D eigenvalue weighted by Crippen LogP contribution is -2.50. The van der Waals surface area contributed by atoms with Crippen molar-refractivity contribution in [1.82, 2.24) is 10.0 Å². The molecule has 0 N–H and O–H groups in total. The number of carbonyl (C=O) groups excluding carboxylic acids is 1. The lowest BCUT2D eigenvalue weighted by molar-refractivity contribution is -0.0139. The zero-order chi connectivity index (χ0) is 13.9. The number of hydrazine groups is 1. The topological polar surface area (TPSA) is 32.8 Å². The minimum Gasteiger partial charge on any atom is -0.446 e.